The van der Waals surface area contributed by atoms with Crippen LogP contribution in [0.3, 0.4) is 0 Å². The summed E-state index contributed by atoms with van der Waals surface area (Å²) in [6.07, 6.45) is 0. The first-order valence-corrected chi connectivity index (χ1v) is 4.11. The number of benzene rings is 1. The molecule has 0 aliphatic carbocycles. The van der Waals surface area contributed by atoms with Crippen LogP contribution in [-0.4, -0.2) is 17.7 Å². The number of hydrogen-bond donors (Lipinski definition) is 1. The lowest BCUT2D eigenvalue weighted by atomic mass is 10.2. The molecule has 0 aromatic heterocycles. The molecule has 0 heterocycles. The van der Waals surface area contributed by atoms with Gasteiger partial charge in [0.1, 0.15) is 12.4 Å². The van der Waals surface area contributed by atoms with E-state index in [-0.39, 0.29) is 6.61 Å². The summed E-state index contributed by atoms with van der Waals surface area (Å²) >= 11 is 0. The second-order valence-corrected chi connectivity index (χ2v) is 2.86. The van der Waals surface area contributed by atoms with Gasteiger partial charge in [0.15, 0.2) is 0 Å². The van der Waals surface area contributed by atoms with Crippen molar-refractivity contribution >= 4 is 5.97 Å². The molecule has 13 heavy (non-hydrogen) atoms. The van der Waals surface area contributed by atoms with Gasteiger partial charge in [-0.2, -0.15) is 0 Å². The van der Waals surface area contributed by atoms with Crippen LogP contribution in [0.1, 0.15) is 6.92 Å². The molecule has 0 unspecified atom stereocenters. The Bertz CT molecular complexity index is 269. The minimum Gasteiger partial charge on any atom is -0.493 e. The van der Waals surface area contributed by atoms with Crippen LogP contribution in [0.2, 0.25) is 0 Å². The van der Waals surface area contributed by atoms with Crippen molar-refractivity contribution in [2.75, 3.05) is 6.61 Å². The second-order valence-electron chi connectivity index (χ2n) is 2.86. The van der Waals surface area contributed by atoms with Crippen LogP contribution < -0.4 is 4.74 Å². The molecule has 0 saturated heterocycles. The topological polar surface area (TPSA) is 46.5 Å². The van der Waals surface area contributed by atoms with Crippen LogP contribution in [0.4, 0.5) is 0 Å². The van der Waals surface area contributed by atoms with Gasteiger partial charge in [0.05, 0.1) is 5.92 Å². The number of ether oxygens (including phenoxy) is 1. The van der Waals surface area contributed by atoms with Gasteiger partial charge in [-0.05, 0) is 19.1 Å². The molecule has 1 atom stereocenters. The predicted octanol–water partition coefficient (Wildman–Crippen LogP) is 1.79. The highest BCUT2D eigenvalue weighted by Crippen LogP contribution is 2.09. The van der Waals surface area contributed by atoms with Gasteiger partial charge < -0.3 is 9.84 Å². The molecular weight excluding hydrogens is 168 g/mol. The van der Waals surface area contributed by atoms with Gasteiger partial charge >= 0.3 is 5.97 Å². The summed E-state index contributed by atoms with van der Waals surface area (Å²) in [6.45, 7) is 1.82. The van der Waals surface area contributed by atoms with Crippen LogP contribution >= 0.6 is 0 Å². The monoisotopic (exact) mass is 180 g/mol. The molecule has 0 radical (unpaired) electrons. The Balaban J connectivity index is 2.39. The van der Waals surface area contributed by atoms with E-state index < -0.39 is 11.9 Å². The third-order valence-corrected chi connectivity index (χ3v) is 1.66. The molecule has 3 nitrogen and oxygen atoms in total. The maximum absolute atomic E-state index is 10.4. The molecule has 0 saturated carbocycles. The molecule has 70 valence electrons. The smallest absolute Gasteiger partial charge is 0.309 e. The highest BCUT2D eigenvalue weighted by atomic mass is 16.5. The van der Waals surface area contributed by atoms with Crippen LogP contribution in [0.15, 0.2) is 30.3 Å². The van der Waals surface area contributed by atoms with Gasteiger partial charge in [-0.15, -0.1) is 0 Å². The number of carboxylic acids is 1. The lowest BCUT2D eigenvalue weighted by Crippen LogP contribution is -2.17. The maximum atomic E-state index is 10.4. The molecule has 1 rings (SSSR count). The molecule has 1 aromatic rings. The Morgan fingerprint density at radius 2 is 2.08 bits per heavy atom. The number of rotatable bonds is 4. The van der Waals surface area contributed by atoms with Gasteiger partial charge in [-0.1, -0.05) is 18.2 Å². The number of para-hydroxylation sites is 1. The number of aliphatic carboxylic acids is 1. The molecule has 0 bridgehead atoms. The summed E-state index contributed by atoms with van der Waals surface area (Å²) in [7, 11) is 0. The second kappa shape index (κ2) is 4.50. The Kier molecular flexibility index (Phi) is 3.31. The molecule has 0 aliphatic heterocycles. The van der Waals surface area contributed by atoms with Crippen molar-refractivity contribution in [2.24, 2.45) is 5.92 Å². The lowest BCUT2D eigenvalue weighted by Gasteiger charge is -2.08. The van der Waals surface area contributed by atoms with Crippen LogP contribution in [0, 0.1) is 5.92 Å². The zero-order valence-electron chi connectivity index (χ0n) is 7.43. The summed E-state index contributed by atoms with van der Waals surface area (Å²) < 4.78 is 5.25. The van der Waals surface area contributed by atoms with Crippen molar-refractivity contribution in [1.29, 1.82) is 0 Å². The van der Waals surface area contributed by atoms with Crippen molar-refractivity contribution < 1.29 is 14.6 Å². The van der Waals surface area contributed by atoms with Crippen molar-refractivity contribution in [2.45, 2.75) is 6.92 Å². The van der Waals surface area contributed by atoms with Gasteiger partial charge in [-0.3, -0.25) is 4.79 Å². The minimum atomic E-state index is -0.837. The summed E-state index contributed by atoms with van der Waals surface area (Å²) in [5.41, 5.74) is 0. The van der Waals surface area contributed by atoms with E-state index in [2.05, 4.69) is 0 Å². The van der Waals surface area contributed by atoms with Crippen molar-refractivity contribution in [1.82, 2.24) is 0 Å². The predicted molar refractivity (Wildman–Crippen MR) is 48.7 cm³/mol. The highest BCUT2D eigenvalue weighted by Gasteiger charge is 2.10. The molecule has 3 heteroatoms. The standard InChI is InChI=1S/C10H12O3/c1-8(10(11)12)7-13-9-5-3-2-4-6-9/h2-6,8H,7H2,1H3,(H,11,12)/t8-/m1/s1. The van der Waals surface area contributed by atoms with Crippen molar-refractivity contribution in [3.8, 4) is 5.75 Å². The van der Waals surface area contributed by atoms with E-state index in [1.807, 2.05) is 18.2 Å². The summed E-state index contributed by atoms with van der Waals surface area (Å²) in [5.74, 6) is -0.605. The van der Waals surface area contributed by atoms with Crippen LogP contribution in [-0.2, 0) is 4.79 Å². The van der Waals surface area contributed by atoms with Crippen LogP contribution in [0.5, 0.6) is 5.75 Å². The molecule has 0 spiro atoms. The van der Waals surface area contributed by atoms with Gasteiger partial charge in [-0.25, -0.2) is 0 Å². The molecular formula is C10H12O3. The third-order valence-electron chi connectivity index (χ3n) is 1.66. The van der Waals surface area contributed by atoms with Crippen LogP contribution in [0.25, 0.3) is 0 Å². The van der Waals surface area contributed by atoms with Gasteiger partial charge in [0.2, 0.25) is 0 Å². The average Bonchev–Trinajstić information content (AvgIpc) is 2.15. The molecule has 0 aliphatic rings. The summed E-state index contributed by atoms with van der Waals surface area (Å²) in [5, 5.41) is 8.58. The minimum absolute atomic E-state index is 0.208. The molecule has 0 fully saturated rings. The number of carbonyl (C=O) groups is 1. The zero-order chi connectivity index (χ0) is 9.68. The third kappa shape index (κ3) is 3.15. The normalized spacial score (nSPS) is 12.1. The Morgan fingerprint density at radius 1 is 1.46 bits per heavy atom. The van der Waals surface area contributed by atoms with Crippen molar-refractivity contribution in [3.63, 3.8) is 0 Å². The van der Waals surface area contributed by atoms with E-state index in [0.29, 0.717) is 5.75 Å². The van der Waals surface area contributed by atoms with E-state index in [1.165, 1.54) is 0 Å². The summed E-state index contributed by atoms with van der Waals surface area (Å²) in [4.78, 5) is 10.4. The SMILES string of the molecule is C[C@H](COc1ccccc1)C(=O)O. The Morgan fingerprint density at radius 3 is 2.62 bits per heavy atom. The Hall–Kier alpha value is -1.51. The highest BCUT2D eigenvalue weighted by molar-refractivity contribution is 5.69. The van der Waals surface area contributed by atoms with E-state index >= 15 is 0 Å². The van der Waals surface area contributed by atoms with E-state index in [4.69, 9.17) is 9.84 Å². The number of hydrogen-bond acceptors (Lipinski definition) is 2. The van der Waals surface area contributed by atoms with Crippen molar-refractivity contribution in [3.05, 3.63) is 30.3 Å². The largest absolute Gasteiger partial charge is 0.493 e. The van der Waals surface area contributed by atoms with E-state index in [1.54, 1.807) is 19.1 Å². The van der Waals surface area contributed by atoms with Gasteiger partial charge in [0.25, 0.3) is 0 Å². The zero-order valence-corrected chi connectivity index (χ0v) is 7.43. The quantitative estimate of drug-likeness (QED) is 0.768. The average molecular weight is 180 g/mol. The molecule has 1 N–H and O–H groups in total. The fraction of sp³-hybridized carbons (Fsp3) is 0.300. The van der Waals surface area contributed by atoms with E-state index in [0.717, 1.165) is 0 Å². The molecule has 1 aromatic carbocycles. The first-order valence-electron chi connectivity index (χ1n) is 4.11. The van der Waals surface area contributed by atoms with E-state index in [9.17, 15) is 4.79 Å². The first kappa shape index (κ1) is 9.58. The fourth-order valence-corrected chi connectivity index (χ4v) is 0.809. The fourth-order valence-electron chi connectivity index (χ4n) is 0.809. The first-order chi connectivity index (χ1) is 6.20. The number of carboxylic acid groups (broad SMARTS) is 1. The lowest BCUT2D eigenvalue weighted by molar-refractivity contribution is -0.142. The maximum Gasteiger partial charge on any atom is 0.309 e. The summed E-state index contributed by atoms with van der Waals surface area (Å²) in [6, 6.07) is 9.18. The Labute approximate surface area is 77.0 Å². The van der Waals surface area contributed by atoms with Gasteiger partial charge in [0, 0.05) is 0 Å². The molecule has 0 amide bonds.